The third-order valence-corrected chi connectivity index (χ3v) is 4.03. The highest BCUT2D eigenvalue weighted by atomic mass is 35.5. The van der Waals surface area contributed by atoms with Crippen LogP contribution in [0.4, 0.5) is 0 Å². The minimum Gasteiger partial charge on any atom is -0.454 e. The molecule has 23 heavy (non-hydrogen) atoms. The van der Waals surface area contributed by atoms with Crippen LogP contribution in [-0.2, 0) is 4.74 Å². The monoisotopic (exact) mass is 348 g/mol. The molecule has 1 aromatic heterocycles. The fraction of sp³-hybridized carbons (Fsp3) is 0.0588. The normalized spacial score (nSPS) is 10.7. The van der Waals surface area contributed by atoms with Crippen molar-refractivity contribution < 1.29 is 18.7 Å². The average molecular weight is 349 g/mol. The summed E-state index contributed by atoms with van der Waals surface area (Å²) in [6.45, 7) is -0.443. The number of fused-ring (bicyclic) bond motifs is 1. The van der Waals surface area contributed by atoms with Gasteiger partial charge in [-0.2, -0.15) is 0 Å². The Morgan fingerprint density at radius 3 is 2.61 bits per heavy atom. The Labute approximate surface area is 141 Å². The smallest absolute Gasteiger partial charge is 0.340 e. The lowest BCUT2D eigenvalue weighted by Gasteiger charge is -2.05. The van der Waals surface area contributed by atoms with Gasteiger partial charge >= 0.3 is 5.97 Å². The van der Waals surface area contributed by atoms with Gasteiger partial charge in [0.05, 0.1) is 15.6 Å². The minimum absolute atomic E-state index is 0.0929. The quantitative estimate of drug-likeness (QED) is 0.502. The number of hydrogen-bond acceptors (Lipinski definition) is 4. The molecule has 0 bridgehead atoms. The van der Waals surface area contributed by atoms with E-state index in [2.05, 4.69) is 0 Å². The summed E-state index contributed by atoms with van der Waals surface area (Å²) in [5, 5.41) is 1.14. The summed E-state index contributed by atoms with van der Waals surface area (Å²) >= 11 is 11.8. The van der Waals surface area contributed by atoms with E-state index in [-0.39, 0.29) is 21.4 Å². The standard InChI is InChI=1S/C17H10Cl2O4/c18-12-6-3-5-11(16(12)19)17(21)22-9-13(20)15-8-10-4-1-2-7-14(10)23-15/h1-8H,9H2. The average Bonchev–Trinajstić information content (AvgIpc) is 2.99. The second-order valence-corrected chi connectivity index (χ2v) is 5.53. The molecule has 0 aliphatic carbocycles. The van der Waals surface area contributed by atoms with Crippen LogP contribution in [0.15, 0.2) is 52.9 Å². The topological polar surface area (TPSA) is 56.5 Å². The van der Waals surface area contributed by atoms with Crippen molar-refractivity contribution in [3.8, 4) is 0 Å². The van der Waals surface area contributed by atoms with Gasteiger partial charge in [-0.05, 0) is 24.3 Å². The molecule has 0 N–H and O–H groups in total. The van der Waals surface area contributed by atoms with Gasteiger partial charge < -0.3 is 9.15 Å². The van der Waals surface area contributed by atoms with E-state index in [9.17, 15) is 9.59 Å². The molecule has 0 saturated heterocycles. The van der Waals surface area contributed by atoms with Gasteiger partial charge in [0.1, 0.15) is 5.58 Å². The lowest BCUT2D eigenvalue weighted by Crippen LogP contribution is -2.14. The molecule has 0 amide bonds. The Balaban J connectivity index is 1.71. The predicted molar refractivity (Wildman–Crippen MR) is 87.3 cm³/mol. The molecule has 0 fully saturated rings. The van der Waals surface area contributed by atoms with Crippen LogP contribution in [0.3, 0.4) is 0 Å². The summed E-state index contributed by atoms with van der Waals surface area (Å²) in [6, 6.07) is 13.4. The van der Waals surface area contributed by atoms with Gasteiger partial charge in [0.15, 0.2) is 12.4 Å². The molecule has 0 radical (unpaired) electrons. The van der Waals surface area contributed by atoms with E-state index < -0.39 is 18.4 Å². The van der Waals surface area contributed by atoms with Crippen LogP contribution in [0, 0.1) is 0 Å². The van der Waals surface area contributed by atoms with E-state index in [4.69, 9.17) is 32.4 Å². The third kappa shape index (κ3) is 3.23. The first-order valence-corrected chi connectivity index (χ1v) is 7.45. The van der Waals surface area contributed by atoms with E-state index in [1.807, 2.05) is 12.1 Å². The van der Waals surface area contributed by atoms with Gasteiger partial charge in [-0.3, -0.25) is 4.79 Å². The highest BCUT2D eigenvalue weighted by molar-refractivity contribution is 6.43. The molecule has 0 aliphatic heterocycles. The van der Waals surface area contributed by atoms with Crippen LogP contribution in [0.5, 0.6) is 0 Å². The lowest BCUT2D eigenvalue weighted by molar-refractivity contribution is 0.0468. The van der Waals surface area contributed by atoms with Crippen molar-refractivity contribution >= 4 is 45.9 Å². The van der Waals surface area contributed by atoms with Gasteiger partial charge in [-0.15, -0.1) is 0 Å². The number of esters is 1. The highest BCUT2D eigenvalue weighted by Gasteiger charge is 2.18. The van der Waals surface area contributed by atoms with Crippen molar-refractivity contribution in [2.75, 3.05) is 6.61 Å². The van der Waals surface area contributed by atoms with E-state index in [1.165, 1.54) is 6.07 Å². The van der Waals surface area contributed by atoms with Crippen LogP contribution in [-0.4, -0.2) is 18.4 Å². The van der Waals surface area contributed by atoms with E-state index in [1.54, 1.807) is 30.3 Å². The first kappa shape index (κ1) is 15.6. The number of furan rings is 1. The molecule has 0 unspecified atom stereocenters. The second kappa shape index (κ2) is 6.44. The van der Waals surface area contributed by atoms with E-state index in [0.29, 0.717) is 5.58 Å². The summed E-state index contributed by atoms with van der Waals surface area (Å²) in [6.07, 6.45) is 0. The molecule has 0 saturated carbocycles. The number of halogens is 2. The second-order valence-electron chi connectivity index (χ2n) is 4.75. The van der Waals surface area contributed by atoms with Crippen molar-refractivity contribution in [3.05, 3.63) is 69.9 Å². The molecular formula is C17H10Cl2O4. The molecule has 0 atom stereocenters. The van der Waals surface area contributed by atoms with Crippen molar-refractivity contribution in [2.45, 2.75) is 0 Å². The number of para-hydroxylation sites is 1. The minimum atomic E-state index is -0.720. The van der Waals surface area contributed by atoms with Crippen LogP contribution >= 0.6 is 23.2 Å². The van der Waals surface area contributed by atoms with Crippen LogP contribution in [0.2, 0.25) is 10.0 Å². The lowest BCUT2D eigenvalue weighted by atomic mass is 10.2. The summed E-state index contributed by atoms with van der Waals surface area (Å²) in [7, 11) is 0. The zero-order valence-electron chi connectivity index (χ0n) is 11.7. The van der Waals surface area contributed by atoms with Gasteiger partial charge in [-0.25, -0.2) is 4.79 Å². The van der Waals surface area contributed by atoms with Crippen LogP contribution in [0.25, 0.3) is 11.0 Å². The van der Waals surface area contributed by atoms with Crippen LogP contribution in [0.1, 0.15) is 20.9 Å². The van der Waals surface area contributed by atoms with Crippen molar-refractivity contribution in [1.82, 2.24) is 0 Å². The van der Waals surface area contributed by atoms with Crippen molar-refractivity contribution in [1.29, 1.82) is 0 Å². The van der Waals surface area contributed by atoms with Gasteiger partial charge in [-0.1, -0.05) is 47.5 Å². The molecule has 4 nitrogen and oxygen atoms in total. The van der Waals surface area contributed by atoms with Gasteiger partial charge in [0, 0.05) is 5.39 Å². The van der Waals surface area contributed by atoms with Gasteiger partial charge in [0.2, 0.25) is 5.78 Å². The Morgan fingerprint density at radius 2 is 1.83 bits per heavy atom. The predicted octanol–water partition coefficient (Wildman–Crippen LogP) is 4.78. The van der Waals surface area contributed by atoms with Crippen molar-refractivity contribution in [3.63, 3.8) is 0 Å². The molecule has 6 heteroatoms. The molecule has 116 valence electrons. The van der Waals surface area contributed by atoms with E-state index in [0.717, 1.165) is 5.39 Å². The Bertz CT molecular complexity index is 865. The molecule has 3 aromatic rings. The fourth-order valence-corrected chi connectivity index (χ4v) is 2.44. The Kier molecular flexibility index (Phi) is 4.37. The summed E-state index contributed by atoms with van der Waals surface area (Å²) < 4.78 is 10.4. The molecular weight excluding hydrogens is 339 g/mol. The zero-order valence-corrected chi connectivity index (χ0v) is 13.2. The molecule has 0 aliphatic rings. The van der Waals surface area contributed by atoms with Crippen LogP contribution < -0.4 is 0 Å². The highest BCUT2D eigenvalue weighted by Crippen LogP contribution is 2.26. The number of Topliss-reactive ketones (excluding diaryl/α,β-unsaturated/α-hetero) is 1. The number of ketones is 1. The number of hydrogen-bond donors (Lipinski definition) is 0. The molecule has 3 rings (SSSR count). The maximum Gasteiger partial charge on any atom is 0.340 e. The summed E-state index contributed by atoms with van der Waals surface area (Å²) in [5.74, 6) is -1.02. The Morgan fingerprint density at radius 1 is 1.04 bits per heavy atom. The maximum atomic E-state index is 12.1. The van der Waals surface area contributed by atoms with Crippen molar-refractivity contribution in [2.24, 2.45) is 0 Å². The number of carbonyl (C=O) groups excluding carboxylic acids is 2. The summed E-state index contributed by atoms with van der Waals surface area (Å²) in [5.41, 5.74) is 0.705. The first-order valence-electron chi connectivity index (χ1n) is 6.69. The Hall–Kier alpha value is -2.30. The number of rotatable bonds is 4. The number of benzene rings is 2. The number of ether oxygens (including phenoxy) is 1. The summed E-state index contributed by atoms with van der Waals surface area (Å²) in [4.78, 5) is 24.0. The SMILES string of the molecule is O=C(COC(=O)c1cccc(Cl)c1Cl)c1cc2ccccc2o1. The fourth-order valence-electron chi connectivity index (χ4n) is 2.06. The molecule has 2 aromatic carbocycles. The first-order chi connectivity index (χ1) is 11.1. The third-order valence-electron chi connectivity index (χ3n) is 3.21. The molecule has 0 spiro atoms. The largest absolute Gasteiger partial charge is 0.454 e. The van der Waals surface area contributed by atoms with E-state index >= 15 is 0 Å². The number of carbonyl (C=O) groups is 2. The van der Waals surface area contributed by atoms with Gasteiger partial charge in [0.25, 0.3) is 0 Å². The zero-order chi connectivity index (χ0) is 16.4. The maximum absolute atomic E-state index is 12.1. The molecule has 1 heterocycles.